The van der Waals surface area contributed by atoms with E-state index in [1.165, 1.54) is 10.1 Å². The second-order valence-corrected chi connectivity index (χ2v) is 6.94. The molecule has 0 radical (unpaired) electrons. The van der Waals surface area contributed by atoms with Gasteiger partial charge in [-0.3, -0.25) is 9.36 Å². The monoisotopic (exact) mass is 366 g/mol. The Kier molecular flexibility index (Phi) is 4.81. The zero-order valence-electron chi connectivity index (χ0n) is 15.2. The number of hydrogen-bond acceptors (Lipinski definition) is 4. The maximum absolute atomic E-state index is 12.6. The van der Waals surface area contributed by atoms with Crippen molar-refractivity contribution in [2.45, 2.75) is 38.5 Å². The molecule has 0 unspecified atom stereocenters. The van der Waals surface area contributed by atoms with Gasteiger partial charge in [0.05, 0.1) is 11.6 Å². The molecule has 2 atom stereocenters. The number of aromatic nitrogens is 1. The number of aryl methyl sites for hydroxylation is 1. The maximum atomic E-state index is 12.6. The Bertz CT molecular complexity index is 1000. The molecule has 1 aliphatic rings. The fourth-order valence-corrected chi connectivity index (χ4v) is 3.57. The molecule has 4 rings (SSSR count). The lowest BCUT2D eigenvalue weighted by molar-refractivity contribution is -0.124. The predicted octanol–water partition coefficient (Wildman–Crippen LogP) is 2.94. The number of oxazole rings is 1. The molecule has 1 aliphatic heterocycles. The molecule has 3 aromatic rings. The molecule has 6 nitrogen and oxygen atoms in total. The summed E-state index contributed by atoms with van der Waals surface area (Å²) < 4.78 is 12.5. The van der Waals surface area contributed by atoms with Crippen molar-refractivity contribution in [3.63, 3.8) is 0 Å². The Morgan fingerprint density at radius 1 is 1.19 bits per heavy atom. The molecule has 0 bridgehead atoms. The Hall–Kier alpha value is -2.86. The Labute approximate surface area is 156 Å². The second kappa shape index (κ2) is 7.40. The summed E-state index contributed by atoms with van der Waals surface area (Å²) in [7, 11) is 0. The molecule has 0 saturated carbocycles. The van der Waals surface area contributed by atoms with Gasteiger partial charge in [0.25, 0.3) is 0 Å². The van der Waals surface area contributed by atoms with Gasteiger partial charge in [0.1, 0.15) is 12.6 Å². The van der Waals surface area contributed by atoms with Crippen LogP contribution in [-0.2, 0) is 16.1 Å². The number of fused-ring (bicyclic) bond motifs is 1. The van der Waals surface area contributed by atoms with Crippen LogP contribution in [-0.4, -0.2) is 23.1 Å². The number of para-hydroxylation sites is 2. The molecule has 1 saturated heterocycles. The first kappa shape index (κ1) is 17.5. The van der Waals surface area contributed by atoms with Crippen LogP contribution in [0.25, 0.3) is 11.1 Å². The number of carbonyl (C=O) groups excluding carboxylic acids is 1. The molecule has 1 aromatic heterocycles. The zero-order chi connectivity index (χ0) is 18.8. The molecule has 6 heteroatoms. The summed E-state index contributed by atoms with van der Waals surface area (Å²) >= 11 is 0. The largest absolute Gasteiger partial charge is 0.420 e. The zero-order valence-corrected chi connectivity index (χ0v) is 15.2. The molecule has 2 heterocycles. The van der Waals surface area contributed by atoms with Gasteiger partial charge in [0.2, 0.25) is 5.91 Å². The van der Waals surface area contributed by atoms with Crippen LogP contribution in [0.3, 0.4) is 0 Å². The standard InChI is InChI=1S/C21H22N2O4/c1-14-8-10-15(11-9-14)20-16(5-4-12-26-20)22-19(24)13-23-17-6-2-3-7-18(17)27-21(23)25/h2-3,6-11,16,20H,4-5,12-13H2,1H3,(H,22,24)/t16-,20-/m1/s1. The Morgan fingerprint density at radius 2 is 1.96 bits per heavy atom. The predicted molar refractivity (Wildman–Crippen MR) is 102 cm³/mol. The molecule has 0 aliphatic carbocycles. The molecule has 1 fully saturated rings. The number of rotatable bonds is 4. The topological polar surface area (TPSA) is 73.5 Å². The van der Waals surface area contributed by atoms with Crippen LogP contribution >= 0.6 is 0 Å². The van der Waals surface area contributed by atoms with Crippen LogP contribution in [0.1, 0.15) is 30.1 Å². The Morgan fingerprint density at radius 3 is 2.78 bits per heavy atom. The molecule has 1 amide bonds. The van der Waals surface area contributed by atoms with Crippen LogP contribution in [0.4, 0.5) is 0 Å². The second-order valence-electron chi connectivity index (χ2n) is 6.94. The van der Waals surface area contributed by atoms with Crippen molar-refractivity contribution in [3.8, 4) is 0 Å². The molecule has 27 heavy (non-hydrogen) atoms. The van der Waals surface area contributed by atoms with E-state index in [4.69, 9.17) is 9.15 Å². The third-order valence-electron chi connectivity index (χ3n) is 4.95. The highest BCUT2D eigenvalue weighted by Crippen LogP contribution is 2.28. The van der Waals surface area contributed by atoms with Crippen LogP contribution in [0.5, 0.6) is 0 Å². The fourth-order valence-electron chi connectivity index (χ4n) is 3.57. The molecule has 0 spiro atoms. The minimum Gasteiger partial charge on any atom is -0.408 e. The minimum atomic E-state index is -0.527. The first-order chi connectivity index (χ1) is 13.1. The molecule has 2 aromatic carbocycles. The van der Waals surface area contributed by atoms with E-state index in [0.29, 0.717) is 17.7 Å². The number of nitrogens with one attached hydrogen (secondary N) is 1. The van der Waals surface area contributed by atoms with E-state index < -0.39 is 5.76 Å². The smallest absolute Gasteiger partial charge is 0.408 e. The van der Waals surface area contributed by atoms with Crippen molar-refractivity contribution in [2.24, 2.45) is 0 Å². The maximum Gasteiger partial charge on any atom is 0.420 e. The van der Waals surface area contributed by atoms with E-state index in [0.717, 1.165) is 18.4 Å². The summed E-state index contributed by atoms with van der Waals surface area (Å²) in [4.78, 5) is 24.7. The minimum absolute atomic E-state index is 0.0764. The SMILES string of the molecule is Cc1ccc([C@H]2OCCC[C@H]2NC(=O)Cn2c(=O)oc3ccccc32)cc1. The summed E-state index contributed by atoms with van der Waals surface area (Å²) in [5.41, 5.74) is 3.33. The highest BCUT2D eigenvalue weighted by Gasteiger charge is 2.29. The first-order valence-corrected chi connectivity index (χ1v) is 9.18. The van der Waals surface area contributed by atoms with E-state index in [-0.39, 0.29) is 24.6 Å². The van der Waals surface area contributed by atoms with Gasteiger partial charge in [-0.15, -0.1) is 0 Å². The van der Waals surface area contributed by atoms with Gasteiger partial charge >= 0.3 is 5.76 Å². The quantitative estimate of drug-likeness (QED) is 0.770. The number of carbonyl (C=O) groups is 1. The average molecular weight is 366 g/mol. The van der Waals surface area contributed by atoms with Gasteiger partial charge in [-0.1, -0.05) is 42.0 Å². The third-order valence-corrected chi connectivity index (χ3v) is 4.95. The van der Waals surface area contributed by atoms with Gasteiger partial charge in [-0.2, -0.15) is 0 Å². The number of benzene rings is 2. The number of ether oxygens (including phenoxy) is 1. The van der Waals surface area contributed by atoms with Gasteiger partial charge < -0.3 is 14.5 Å². The van der Waals surface area contributed by atoms with E-state index in [1.54, 1.807) is 18.2 Å². The summed E-state index contributed by atoms with van der Waals surface area (Å²) in [6.07, 6.45) is 1.55. The first-order valence-electron chi connectivity index (χ1n) is 9.18. The van der Waals surface area contributed by atoms with Crippen molar-refractivity contribution < 1.29 is 13.9 Å². The van der Waals surface area contributed by atoms with Crippen molar-refractivity contribution in [1.29, 1.82) is 0 Å². The van der Waals surface area contributed by atoms with Crippen molar-refractivity contribution in [3.05, 3.63) is 70.2 Å². The van der Waals surface area contributed by atoms with Gasteiger partial charge in [-0.05, 0) is 37.5 Å². The van der Waals surface area contributed by atoms with Crippen molar-refractivity contribution >= 4 is 17.0 Å². The molecular weight excluding hydrogens is 344 g/mol. The van der Waals surface area contributed by atoms with Gasteiger partial charge in [0.15, 0.2) is 5.58 Å². The molecule has 1 N–H and O–H groups in total. The highest BCUT2D eigenvalue weighted by molar-refractivity contribution is 5.79. The van der Waals surface area contributed by atoms with Crippen LogP contribution in [0, 0.1) is 6.92 Å². The highest BCUT2D eigenvalue weighted by atomic mass is 16.5. The van der Waals surface area contributed by atoms with Gasteiger partial charge in [0, 0.05) is 6.61 Å². The van der Waals surface area contributed by atoms with Crippen molar-refractivity contribution in [1.82, 2.24) is 9.88 Å². The lowest BCUT2D eigenvalue weighted by Crippen LogP contribution is -2.44. The lowest BCUT2D eigenvalue weighted by atomic mass is 9.95. The normalized spacial score (nSPS) is 19.9. The van der Waals surface area contributed by atoms with Crippen LogP contribution in [0.15, 0.2) is 57.7 Å². The molecule has 140 valence electrons. The van der Waals surface area contributed by atoms with E-state index in [9.17, 15) is 9.59 Å². The summed E-state index contributed by atoms with van der Waals surface area (Å²) in [5, 5.41) is 3.05. The average Bonchev–Trinajstić information content (AvgIpc) is 2.98. The number of nitrogens with zero attached hydrogens (tertiary/aromatic N) is 1. The van der Waals surface area contributed by atoms with E-state index >= 15 is 0 Å². The number of amides is 1. The third kappa shape index (κ3) is 3.66. The number of hydrogen-bond donors (Lipinski definition) is 1. The lowest BCUT2D eigenvalue weighted by Gasteiger charge is -2.32. The van der Waals surface area contributed by atoms with E-state index in [2.05, 4.69) is 5.32 Å². The van der Waals surface area contributed by atoms with Crippen molar-refractivity contribution in [2.75, 3.05) is 6.61 Å². The van der Waals surface area contributed by atoms with Gasteiger partial charge in [-0.25, -0.2) is 4.79 Å². The fraction of sp³-hybridized carbons (Fsp3) is 0.333. The summed E-state index contributed by atoms with van der Waals surface area (Å²) in [6, 6.07) is 15.1. The van der Waals surface area contributed by atoms with E-state index in [1.807, 2.05) is 37.3 Å². The Balaban J connectivity index is 1.51. The summed E-state index contributed by atoms with van der Waals surface area (Å²) in [6.45, 7) is 2.64. The van der Waals surface area contributed by atoms with Crippen LogP contribution in [0.2, 0.25) is 0 Å². The molecular formula is C21H22N2O4. The summed E-state index contributed by atoms with van der Waals surface area (Å²) in [5.74, 6) is -0.752. The van der Waals surface area contributed by atoms with Crippen LogP contribution < -0.4 is 11.1 Å².